The highest BCUT2D eigenvalue weighted by Crippen LogP contribution is 1.43. The van der Waals surface area contributed by atoms with Gasteiger partial charge in [-0.25, -0.2) is 5.92 Å². The molecule has 0 rings (SSSR count). The second kappa shape index (κ2) is 3.68. The molecule has 0 saturated carbocycles. The molecule has 0 heterocycles. The van der Waals surface area contributed by atoms with Crippen molar-refractivity contribution in [3.63, 3.8) is 0 Å². The van der Waals surface area contributed by atoms with Crippen LogP contribution in [0.5, 0.6) is 0 Å². The molecule has 0 aliphatic carbocycles. The Morgan fingerprint density at radius 1 is 1.67 bits per heavy atom. The van der Waals surface area contributed by atoms with Crippen LogP contribution in [-0.4, -0.2) is 0 Å². The van der Waals surface area contributed by atoms with Gasteiger partial charge in [-0.2, -0.15) is 0 Å². The van der Waals surface area contributed by atoms with E-state index < -0.39 is 0 Å². The van der Waals surface area contributed by atoms with Crippen molar-refractivity contribution in [1.82, 2.24) is 0 Å². The minimum atomic E-state index is 1.81. The average molecular weight is 75.1 g/mol. The predicted molar refractivity (Wildman–Crippen MR) is 23.7 cm³/mol. The van der Waals surface area contributed by atoms with E-state index >= 15 is 0 Å². The summed E-state index contributed by atoms with van der Waals surface area (Å²) in [4.78, 5) is 0. The van der Waals surface area contributed by atoms with Crippen LogP contribution >= 0.6 is 0 Å². The van der Waals surface area contributed by atoms with Crippen molar-refractivity contribution >= 4 is 0 Å². The molecule has 0 amide bonds. The molecule has 0 aromatic heterocycles. The van der Waals surface area contributed by atoms with Crippen molar-refractivity contribution in [3.05, 3.63) is 6.42 Å². The lowest BCUT2D eigenvalue weighted by Crippen LogP contribution is -1.42. The van der Waals surface area contributed by atoms with E-state index in [1.165, 1.54) is 0 Å². The van der Waals surface area contributed by atoms with E-state index in [2.05, 4.69) is 17.8 Å². The fourth-order valence-corrected chi connectivity index (χ4v) is 0.0625. The molecule has 0 heteroatoms. The zero-order valence-electron chi connectivity index (χ0n) is 4.00. The van der Waals surface area contributed by atoms with Crippen LogP contribution in [0.15, 0.2) is 0 Å². The van der Waals surface area contributed by atoms with E-state index in [1.54, 1.807) is 12.3 Å². The first-order chi connectivity index (χ1) is 3.41. The van der Waals surface area contributed by atoms with E-state index in [0.29, 0.717) is 0 Å². The van der Waals surface area contributed by atoms with Gasteiger partial charge in [-0.15, -0.1) is 12.3 Å². The van der Waals surface area contributed by atoms with E-state index in [9.17, 15) is 0 Å². The number of terminal acetylenes is 1. The average Bonchev–Trinajstić information content (AvgIpc) is 1.69. The fourth-order valence-electron chi connectivity index (χ4n) is 0.0625. The molecule has 0 fully saturated rings. The maximum Gasteiger partial charge on any atom is 0.125 e. The third kappa shape index (κ3) is 2.68. The molecule has 6 heavy (non-hydrogen) atoms. The highest BCUT2D eigenvalue weighted by Gasteiger charge is 1.27. The van der Waals surface area contributed by atoms with Crippen molar-refractivity contribution < 1.29 is 1.37 Å². The zero-order valence-corrected chi connectivity index (χ0v) is 3.00. The maximum atomic E-state index is 6.23. The van der Waals surface area contributed by atoms with Crippen LogP contribution in [0.25, 0.3) is 0 Å². The molecule has 0 saturated heterocycles. The molecular formula is C6H-. The van der Waals surface area contributed by atoms with Crippen LogP contribution in [0.4, 0.5) is 0 Å². The topological polar surface area (TPSA) is 0 Å². The molecule has 0 N–H and O–H groups in total. The molecule has 0 aliphatic rings. The molecule has 0 radical (unpaired) electrons. The SMILES string of the molecule is [3H]C#CC#CC#[C-]. The number of hydrogen-bond acceptors (Lipinski definition) is 0. The van der Waals surface area contributed by atoms with Crippen LogP contribution in [0.1, 0.15) is 1.37 Å². The lowest BCUT2D eigenvalue weighted by atomic mass is 10.6. The summed E-state index contributed by atoms with van der Waals surface area (Å²) in [6.07, 6.45) is 8.03. The standard InChI is InChI=1S/C6H/c1-3-5-6-4-2/h1H/q-1/i1T. The summed E-state index contributed by atoms with van der Waals surface area (Å²) in [5, 5.41) is 0. The first-order valence-corrected chi connectivity index (χ1v) is 1.25. The highest BCUT2D eigenvalue weighted by molar-refractivity contribution is 5.30. The Hall–Kier alpha value is -1.32. The maximum absolute atomic E-state index is 6.23. The Labute approximate surface area is 39.0 Å². The van der Waals surface area contributed by atoms with Gasteiger partial charge in [0.05, 0.1) is 0 Å². The third-order valence-electron chi connectivity index (χ3n) is 0.188. The Bertz CT molecular complexity index is 186. The molecule has 0 aromatic carbocycles. The lowest BCUT2D eigenvalue weighted by molar-refractivity contribution is 2.43. The summed E-state index contributed by atoms with van der Waals surface area (Å²) in [7, 11) is 0. The number of rotatable bonds is 0. The van der Waals surface area contributed by atoms with Crippen LogP contribution in [0, 0.1) is 36.5 Å². The first-order valence-electron chi connectivity index (χ1n) is 1.75. The van der Waals surface area contributed by atoms with Crippen molar-refractivity contribution in [2.75, 3.05) is 0 Å². The van der Waals surface area contributed by atoms with Gasteiger partial charge in [0.1, 0.15) is 1.37 Å². The van der Waals surface area contributed by atoms with Gasteiger partial charge >= 0.3 is 0 Å². The lowest BCUT2D eigenvalue weighted by Gasteiger charge is -1.61. The van der Waals surface area contributed by atoms with Crippen molar-refractivity contribution in [3.8, 4) is 30.1 Å². The molecule has 0 spiro atoms. The third-order valence-corrected chi connectivity index (χ3v) is 0.188. The smallest absolute Gasteiger partial charge is 0.125 e. The first kappa shape index (κ1) is 2.89. The van der Waals surface area contributed by atoms with Gasteiger partial charge in [-0.3, -0.25) is 5.92 Å². The van der Waals surface area contributed by atoms with Gasteiger partial charge in [-0.1, -0.05) is 0 Å². The largest absolute Gasteiger partial charge is 0.358 e. The molecule has 0 aliphatic heterocycles. The molecule has 26 valence electrons. The van der Waals surface area contributed by atoms with Gasteiger partial charge in [0.15, 0.2) is 0 Å². The molecule has 0 nitrogen and oxygen atoms in total. The molecule has 0 atom stereocenters. The monoisotopic (exact) mass is 75.0 g/mol. The molecule has 0 aromatic rings. The van der Waals surface area contributed by atoms with Gasteiger partial charge in [0, 0.05) is 0 Å². The van der Waals surface area contributed by atoms with Crippen molar-refractivity contribution in [2.24, 2.45) is 0 Å². The molecule has 0 bridgehead atoms. The predicted octanol–water partition coefficient (Wildman–Crippen LogP) is 0.213. The summed E-state index contributed by atoms with van der Waals surface area (Å²) in [6, 6.07) is 0. The minimum absolute atomic E-state index is 1.81. The highest BCUT2D eigenvalue weighted by atomic mass is 13.4. The minimum Gasteiger partial charge on any atom is -0.358 e. The summed E-state index contributed by atoms with van der Waals surface area (Å²) in [5.74, 6) is 8.24. The summed E-state index contributed by atoms with van der Waals surface area (Å²) >= 11 is 0. The van der Waals surface area contributed by atoms with Crippen LogP contribution in [-0.2, 0) is 0 Å². The second-order valence-corrected chi connectivity index (χ2v) is 0.500. The molecular weight excluding hydrogens is 72.1 g/mol. The normalized spacial score (nSPS) is 4.17. The number of hydrogen-bond donors (Lipinski definition) is 0. The zero-order chi connectivity index (χ0) is 5.54. The van der Waals surface area contributed by atoms with E-state index in [-0.39, 0.29) is 0 Å². The van der Waals surface area contributed by atoms with Gasteiger partial charge in [0.25, 0.3) is 0 Å². The van der Waals surface area contributed by atoms with Gasteiger partial charge < -0.3 is 6.42 Å². The van der Waals surface area contributed by atoms with E-state index in [4.69, 9.17) is 7.79 Å². The molecule has 0 unspecified atom stereocenters. The van der Waals surface area contributed by atoms with Crippen molar-refractivity contribution in [2.45, 2.75) is 0 Å². The van der Waals surface area contributed by atoms with Gasteiger partial charge in [-0.05, 0) is 5.92 Å². The van der Waals surface area contributed by atoms with E-state index in [0.717, 1.165) is 0 Å². The second-order valence-electron chi connectivity index (χ2n) is 0.500. The Kier molecular flexibility index (Phi) is 1.77. The summed E-state index contributed by atoms with van der Waals surface area (Å²) in [6.45, 7) is 0. The van der Waals surface area contributed by atoms with Crippen LogP contribution in [0.2, 0.25) is 0 Å². The Balaban J connectivity index is 3.68. The van der Waals surface area contributed by atoms with E-state index in [1.807, 2.05) is 0 Å². The van der Waals surface area contributed by atoms with Crippen LogP contribution < -0.4 is 0 Å². The Morgan fingerprint density at radius 2 is 2.50 bits per heavy atom. The fraction of sp³-hybridized carbons (Fsp3) is 0. The van der Waals surface area contributed by atoms with Crippen molar-refractivity contribution in [1.29, 1.82) is 0 Å². The van der Waals surface area contributed by atoms with Gasteiger partial charge in [0.2, 0.25) is 0 Å². The summed E-state index contributed by atoms with van der Waals surface area (Å²) in [5.41, 5.74) is 0. The summed E-state index contributed by atoms with van der Waals surface area (Å²) < 4.78 is 6.23. The Morgan fingerprint density at radius 3 is 3.00 bits per heavy atom. The van der Waals surface area contributed by atoms with Crippen LogP contribution in [0.3, 0.4) is 0 Å². The quantitative estimate of drug-likeness (QED) is 0.285.